The Morgan fingerprint density at radius 1 is 1.50 bits per heavy atom. The van der Waals surface area contributed by atoms with E-state index in [9.17, 15) is 0 Å². The van der Waals surface area contributed by atoms with Crippen LogP contribution in [0.4, 0.5) is 5.69 Å². The lowest BCUT2D eigenvalue weighted by atomic mass is 10.1. The van der Waals surface area contributed by atoms with E-state index in [1.165, 1.54) is 0 Å². The molecule has 4 N–H and O–H groups in total. The summed E-state index contributed by atoms with van der Waals surface area (Å²) in [5.41, 5.74) is 13.8. The number of benzene rings is 1. The molecule has 20 heavy (non-hydrogen) atoms. The molecule has 1 fully saturated rings. The van der Waals surface area contributed by atoms with E-state index >= 15 is 0 Å². The zero-order valence-electron chi connectivity index (χ0n) is 11.7. The predicted molar refractivity (Wildman–Crippen MR) is 81.9 cm³/mol. The Labute approximate surface area is 119 Å². The normalized spacial score (nSPS) is 20.2. The second kappa shape index (κ2) is 6.96. The maximum absolute atomic E-state index is 6.06. The van der Waals surface area contributed by atoms with Gasteiger partial charge in [-0.2, -0.15) is 0 Å². The highest BCUT2D eigenvalue weighted by molar-refractivity contribution is 5.86. The third kappa shape index (κ3) is 3.51. The number of ether oxygens (including phenoxy) is 2. The molecule has 0 saturated carbocycles. The number of allylic oxidation sites excluding steroid dienone is 1. The molecule has 2 rings (SSSR count). The predicted octanol–water partition coefficient (Wildman–Crippen LogP) is 1.83. The fourth-order valence-corrected chi connectivity index (χ4v) is 2.19. The fourth-order valence-electron chi connectivity index (χ4n) is 2.19. The highest BCUT2D eigenvalue weighted by Gasteiger charge is 2.11. The van der Waals surface area contributed by atoms with Crippen molar-refractivity contribution in [2.45, 2.75) is 18.9 Å². The Kier molecular flexibility index (Phi) is 5.01. The second-order valence-corrected chi connectivity index (χ2v) is 4.72. The van der Waals surface area contributed by atoms with Gasteiger partial charge in [-0.3, -0.25) is 4.99 Å². The maximum atomic E-state index is 6.06. The van der Waals surface area contributed by atoms with Gasteiger partial charge in [0.1, 0.15) is 0 Å². The van der Waals surface area contributed by atoms with Gasteiger partial charge in [0.05, 0.1) is 25.4 Å². The number of aliphatic imine (C=N–C) groups is 1. The van der Waals surface area contributed by atoms with Crippen LogP contribution in [0.5, 0.6) is 5.75 Å². The third-order valence-corrected chi connectivity index (χ3v) is 3.25. The summed E-state index contributed by atoms with van der Waals surface area (Å²) in [5.74, 6) is 0.593. The first-order chi connectivity index (χ1) is 9.72. The molecule has 0 radical (unpaired) electrons. The first-order valence-electron chi connectivity index (χ1n) is 6.72. The molecule has 0 amide bonds. The average Bonchev–Trinajstić information content (AvgIpc) is 2.48. The van der Waals surface area contributed by atoms with E-state index in [2.05, 4.69) is 4.99 Å². The number of hydrogen-bond donors (Lipinski definition) is 2. The SMILES string of the molecule is COc1c(N)cccc1C(N)=CC=NC1CCCOC1. The summed E-state index contributed by atoms with van der Waals surface area (Å²) in [7, 11) is 1.58. The number of nitrogens with zero attached hydrogens (tertiary/aromatic N) is 1. The Morgan fingerprint density at radius 3 is 3.05 bits per heavy atom. The molecular formula is C15H21N3O2. The van der Waals surface area contributed by atoms with Crippen LogP contribution in [0.2, 0.25) is 0 Å². The van der Waals surface area contributed by atoms with Gasteiger partial charge in [-0.25, -0.2) is 0 Å². The summed E-state index contributed by atoms with van der Waals surface area (Å²) >= 11 is 0. The van der Waals surface area contributed by atoms with E-state index in [1.807, 2.05) is 12.1 Å². The van der Waals surface area contributed by atoms with Crippen molar-refractivity contribution >= 4 is 17.6 Å². The molecule has 1 atom stereocenters. The van der Waals surface area contributed by atoms with Gasteiger partial charge >= 0.3 is 0 Å². The van der Waals surface area contributed by atoms with Crippen molar-refractivity contribution in [3.63, 3.8) is 0 Å². The van der Waals surface area contributed by atoms with Gasteiger partial charge < -0.3 is 20.9 Å². The monoisotopic (exact) mass is 275 g/mol. The molecule has 1 aromatic carbocycles. The molecule has 1 aromatic rings. The molecule has 1 aliphatic rings. The largest absolute Gasteiger partial charge is 0.494 e. The smallest absolute Gasteiger partial charge is 0.151 e. The number of hydrogen-bond acceptors (Lipinski definition) is 5. The second-order valence-electron chi connectivity index (χ2n) is 4.72. The lowest BCUT2D eigenvalue weighted by Crippen LogP contribution is -2.20. The fraction of sp³-hybridized carbons (Fsp3) is 0.400. The minimum absolute atomic E-state index is 0.232. The first-order valence-corrected chi connectivity index (χ1v) is 6.72. The van der Waals surface area contributed by atoms with E-state index in [1.54, 1.807) is 25.5 Å². The maximum Gasteiger partial charge on any atom is 0.151 e. The van der Waals surface area contributed by atoms with Gasteiger partial charge in [-0.05, 0) is 31.1 Å². The number of nitrogen functional groups attached to an aromatic ring is 1. The van der Waals surface area contributed by atoms with Gasteiger partial charge in [0, 0.05) is 24.1 Å². The van der Waals surface area contributed by atoms with Crippen LogP contribution >= 0.6 is 0 Å². The molecular weight excluding hydrogens is 254 g/mol. The van der Waals surface area contributed by atoms with Gasteiger partial charge in [-0.1, -0.05) is 6.07 Å². The van der Waals surface area contributed by atoms with E-state index in [-0.39, 0.29) is 6.04 Å². The first kappa shape index (κ1) is 14.4. The molecule has 108 valence electrons. The summed E-state index contributed by atoms with van der Waals surface area (Å²) in [4.78, 5) is 4.45. The summed E-state index contributed by atoms with van der Waals surface area (Å²) < 4.78 is 10.7. The topological polar surface area (TPSA) is 82.9 Å². The van der Waals surface area contributed by atoms with Crippen molar-refractivity contribution in [2.75, 3.05) is 26.1 Å². The molecule has 1 heterocycles. The third-order valence-electron chi connectivity index (χ3n) is 3.25. The van der Waals surface area contributed by atoms with Crippen molar-refractivity contribution in [1.29, 1.82) is 0 Å². The number of methoxy groups -OCH3 is 1. The van der Waals surface area contributed by atoms with Gasteiger partial charge in [0.25, 0.3) is 0 Å². The van der Waals surface area contributed by atoms with Crippen molar-refractivity contribution in [3.8, 4) is 5.75 Å². The molecule has 1 saturated heterocycles. The zero-order chi connectivity index (χ0) is 14.4. The molecule has 0 aromatic heterocycles. The van der Waals surface area contributed by atoms with E-state index < -0.39 is 0 Å². The van der Waals surface area contributed by atoms with Gasteiger partial charge in [-0.15, -0.1) is 0 Å². The molecule has 5 heteroatoms. The Balaban J connectivity index is 2.10. The molecule has 0 aliphatic carbocycles. The van der Waals surface area contributed by atoms with Crippen LogP contribution in [0.25, 0.3) is 5.70 Å². The summed E-state index contributed by atoms with van der Waals surface area (Å²) in [6.07, 6.45) is 5.62. The molecule has 0 spiro atoms. The van der Waals surface area contributed by atoms with Crippen molar-refractivity contribution in [2.24, 2.45) is 10.7 Å². The van der Waals surface area contributed by atoms with Crippen LogP contribution in [0, 0.1) is 0 Å². The summed E-state index contributed by atoms with van der Waals surface area (Å²) in [6, 6.07) is 5.73. The summed E-state index contributed by atoms with van der Waals surface area (Å²) in [6.45, 7) is 1.52. The van der Waals surface area contributed by atoms with Crippen LogP contribution in [0.1, 0.15) is 18.4 Å². The summed E-state index contributed by atoms with van der Waals surface area (Å²) in [5, 5.41) is 0. The minimum Gasteiger partial charge on any atom is -0.494 e. The highest BCUT2D eigenvalue weighted by atomic mass is 16.5. The van der Waals surface area contributed by atoms with Crippen LogP contribution in [-0.4, -0.2) is 32.6 Å². The van der Waals surface area contributed by atoms with E-state index in [0.29, 0.717) is 23.7 Å². The van der Waals surface area contributed by atoms with Crippen molar-refractivity contribution < 1.29 is 9.47 Å². The van der Waals surface area contributed by atoms with Gasteiger partial charge in [0.2, 0.25) is 0 Å². The molecule has 5 nitrogen and oxygen atoms in total. The van der Waals surface area contributed by atoms with Crippen LogP contribution in [0.3, 0.4) is 0 Å². The molecule has 0 bridgehead atoms. The number of rotatable bonds is 4. The standard InChI is InChI=1S/C15H21N3O2/c1-19-15-12(5-2-6-14(15)17)13(16)7-8-18-11-4-3-9-20-10-11/h2,5-8,11H,3-4,9-10,16-17H2,1H3. The van der Waals surface area contributed by atoms with Crippen LogP contribution < -0.4 is 16.2 Å². The number of anilines is 1. The van der Waals surface area contributed by atoms with E-state index in [0.717, 1.165) is 25.0 Å². The van der Waals surface area contributed by atoms with Crippen LogP contribution in [-0.2, 0) is 4.74 Å². The zero-order valence-corrected chi connectivity index (χ0v) is 11.7. The van der Waals surface area contributed by atoms with Crippen molar-refractivity contribution in [1.82, 2.24) is 0 Å². The highest BCUT2D eigenvalue weighted by Crippen LogP contribution is 2.29. The Hall–Kier alpha value is -2.01. The Bertz CT molecular complexity index is 506. The lowest BCUT2D eigenvalue weighted by molar-refractivity contribution is 0.0830. The number of para-hydroxylation sites is 1. The van der Waals surface area contributed by atoms with Crippen LogP contribution in [0.15, 0.2) is 29.3 Å². The van der Waals surface area contributed by atoms with Gasteiger partial charge in [0.15, 0.2) is 5.75 Å². The molecule has 1 unspecified atom stereocenters. The van der Waals surface area contributed by atoms with Crippen molar-refractivity contribution in [3.05, 3.63) is 29.8 Å². The minimum atomic E-state index is 0.232. The molecule has 1 aliphatic heterocycles. The van der Waals surface area contributed by atoms with E-state index in [4.69, 9.17) is 20.9 Å². The quantitative estimate of drug-likeness (QED) is 0.648. The lowest BCUT2D eigenvalue weighted by Gasteiger charge is -2.17. The average molecular weight is 275 g/mol. The number of nitrogens with two attached hydrogens (primary N) is 2. The Morgan fingerprint density at radius 2 is 2.35 bits per heavy atom.